The Kier molecular flexibility index (Phi) is 5.07. The van der Waals surface area contributed by atoms with E-state index in [0.29, 0.717) is 6.61 Å². The number of aryl methyl sites for hydroxylation is 1. The molecule has 0 heterocycles. The zero-order valence-corrected chi connectivity index (χ0v) is 13.6. The molecule has 0 aromatic heterocycles. The Bertz CT molecular complexity index is 581. The van der Waals surface area contributed by atoms with E-state index in [2.05, 4.69) is 41.1 Å². The number of methoxy groups -OCH3 is 1. The molecule has 1 atom stereocenters. The molecule has 2 nitrogen and oxygen atoms in total. The minimum atomic E-state index is 0.106. The van der Waals surface area contributed by atoms with E-state index in [-0.39, 0.29) is 4.83 Å². The number of ether oxygens (including phenoxy) is 2. The van der Waals surface area contributed by atoms with Crippen molar-refractivity contribution in [2.45, 2.75) is 18.7 Å². The van der Waals surface area contributed by atoms with E-state index >= 15 is 0 Å². The molecule has 0 aliphatic carbocycles. The topological polar surface area (TPSA) is 18.5 Å². The van der Waals surface area contributed by atoms with Crippen LogP contribution in [0.25, 0.3) is 0 Å². The van der Waals surface area contributed by atoms with Crippen molar-refractivity contribution >= 4 is 15.9 Å². The van der Waals surface area contributed by atoms with Crippen LogP contribution in [0.3, 0.4) is 0 Å². The van der Waals surface area contributed by atoms with Gasteiger partial charge in [0.25, 0.3) is 0 Å². The highest BCUT2D eigenvalue weighted by Crippen LogP contribution is 2.37. The molecule has 2 aromatic rings. The maximum atomic E-state index is 5.70. The number of halogens is 1. The molecule has 0 saturated carbocycles. The Hall–Kier alpha value is -1.48. The SMILES string of the molecule is CCOc1ccccc1C(Br)c1ccc(OC)c(C)c1. The Morgan fingerprint density at radius 1 is 1.10 bits per heavy atom. The third-order valence-electron chi connectivity index (χ3n) is 3.20. The molecule has 3 heteroatoms. The van der Waals surface area contributed by atoms with Gasteiger partial charge in [-0.25, -0.2) is 0 Å². The van der Waals surface area contributed by atoms with Gasteiger partial charge in [-0.1, -0.05) is 46.3 Å². The van der Waals surface area contributed by atoms with Crippen LogP contribution in [0.15, 0.2) is 42.5 Å². The summed E-state index contributed by atoms with van der Waals surface area (Å²) in [5, 5.41) is 0. The molecule has 0 amide bonds. The van der Waals surface area contributed by atoms with E-state index in [9.17, 15) is 0 Å². The fraction of sp³-hybridized carbons (Fsp3) is 0.294. The summed E-state index contributed by atoms with van der Waals surface area (Å²) in [5.74, 6) is 1.83. The van der Waals surface area contributed by atoms with Crippen LogP contribution >= 0.6 is 15.9 Å². The van der Waals surface area contributed by atoms with Gasteiger partial charge >= 0.3 is 0 Å². The lowest BCUT2D eigenvalue weighted by atomic mass is 10.0. The van der Waals surface area contributed by atoms with E-state index in [4.69, 9.17) is 9.47 Å². The number of rotatable bonds is 5. The molecular formula is C17H19BrO2. The lowest BCUT2D eigenvalue weighted by Gasteiger charge is -2.16. The minimum Gasteiger partial charge on any atom is -0.496 e. The molecule has 20 heavy (non-hydrogen) atoms. The zero-order chi connectivity index (χ0) is 14.5. The molecule has 0 fully saturated rings. The monoisotopic (exact) mass is 334 g/mol. The van der Waals surface area contributed by atoms with Gasteiger partial charge in [0, 0.05) is 5.56 Å². The first-order valence-corrected chi connectivity index (χ1v) is 7.59. The fourth-order valence-corrected chi connectivity index (χ4v) is 2.88. The average molecular weight is 335 g/mol. The van der Waals surface area contributed by atoms with Crippen LogP contribution in [-0.4, -0.2) is 13.7 Å². The highest BCUT2D eigenvalue weighted by atomic mass is 79.9. The molecule has 2 aromatic carbocycles. The molecule has 0 bridgehead atoms. The summed E-state index contributed by atoms with van der Waals surface area (Å²) in [7, 11) is 1.69. The average Bonchev–Trinajstić information content (AvgIpc) is 2.47. The zero-order valence-electron chi connectivity index (χ0n) is 12.0. The van der Waals surface area contributed by atoms with Crippen LogP contribution in [0.5, 0.6) is 11.5 Å². The highest BCUT2D eigenvalue weighted by Gasteiger charge is 2.15. The van der Waals surface area contributed by atoms with Gasteiger partial charge in [-0.3, -0.25) is 0 Å². The maximum absolute atomic E-state index is 5.70. The summed E-state index contributed by atoms with van der Waals surface area (Å²) in [4.78, 5) is 0.106. The molecule has 1 unspecified atom stereocenters. The molecule has 0 spiro atoms. The second-order valence-electron chi connectivity index (χ2n) is 4.56. The van der Waals surface area contributed by atoms with Gasteiger partial charge in [-0.05, 0) is 37.1 Å². The summed E-state index contributed by atoms with van der Waals surface area (Å²) in [6.45, 7) is 4.71. The Morgan fingerprint density at radius 3 is 2.50 bits per heavy atom. The first-order valence-electron chi connectivity index (χ1n) is 6.67. The second kappa shape index (κ2) is 6.80. The third-order valence-corrected chi connectivity index (χ3v) is 4.23. The van der Waals surface area contributed by atoms with E-state index in [1.54, 1.807) is 7.11 Å². The van der Waals surface area contributed by atoms with Crippen molar-refractivity contribution in [3.63, 3.8) is 0 Å². The highest BCUT2D eigenvalue weighted by molar-refractivity contribution is 9.09. The molecule has 2 rings (SSSR count). The van der Waals surface area contributed by atoms with Crippen molar-refractivity contribution in [2.24, 2.45) is 0 Å². The van der Waals surface area contributed by atoms with Crippen LogP contribution < -0.4 is 9.47 Å². The van der Waals surface area contributed by atoms with E-state index in [1.165, 1.54) is 5.56 Å². The van der Waals surface area contributed by atoms with Gasteiger partial charge in [-0.15, -0.1) is 0 Å². The Morgan fingerprint density at radius 2 is 1.85 bits per heavy atom. The molecule has 0 radical (unpaired) electrons. The molecule has 0 saturated heterocycles. The smallest absolute Gasteiger partial charge is 0.123 e. The van der Waals surface area contributed by atoms with E-state index in [0.717, 1.165) is 22.6 Å². The molecule has 106 valence electrons. The van der Waals surface area contributed by atoms with Gasteiger partial charge in [0.2, 0.25) is 0 Å². The van der Waals surface area contributed by atoms with Gasteiger partial charge in [0.05, 0.1) is 18.5 Å². The Labute approximate surface area is 128 Å². The predicted molar refractivity (Wildman–Crippen MR) is 86.1 cm³/mol. The maximum Gasteiger partial charge on any atom is 0.123 e. The van der Waals surface area contributed by atoms with Crippen LogP contribution in [0.4, 0.5) is 0 Å². The summed E-state index contributed by atoms with van der Waals surface area (Å²) >= 11 is 3.77. The van der Waals surface area contributed by atoms with Crippen molar-refractivity contribution in [1.82, 2.24) is 0 Å². The minimum absolute atomic E-state index is 0.106. The van der Waals surface area contributed by atoms with Crippen LogP contribution in [0, 0.1) is 6.92 Å². The fourth-order valence-electron chi connectivity index (χ4n) is 2.22. The summed E-state index contributed by atoms with van der Waals surface area (Å²) in [5.41, 5.74) is 3.46. The summed E-state index contributed by atoms with van der Waals surface area (Å²) in [6.07, 6.45) is 0. The summed E-state index contributed by atoms with van der Waals surface area (Å²) in [6, 6.07) is 14.3. The van der Waals surface area contributed by atoms with Gasteiger partial charge in [-0.2, -0.15) is 0 Å². The van der Waals surface area contributed by atoms with Crippen molar-refractivity contribution in [2.75, 3.05) is 13.7 Å². The van der Waals surface area contributed by atoms with Crippen molar-refractivity contribution in [3.05, 3.63) is 59.2 Å². The van der Waals surface area contributed by atoms with Gasteiger partial charge < -0.3 is 9.47 Å². The number of benzene rings is 2. The van der Waals surface area contributed by atoms with Crippen LogP contribution in [0.1, 0.15) is 28.4 Å². The van der Waals surface area contributed by atoms with E-state index < -0.39 is 0 Å². The predicted octanol–water partition coefficient (Wildman–Crippen LogP) is 4.89. The number of para-hydroxylation sites is 1. The number of alkyl halides is 1. The standard InChI is InChI=1S/C17H19BrO2/c1-4-20-16-8-6-5-7-14(16)17(18)13-9-10-15(19-3)12(2)11-13/h5-11,17H,4H2,1-3H3. The largest absolute Gasteiger partial charge is 0.496 e. The van der Waals surface area contributed by atoms with Crippen LogP contribution in [0.2, 0.25) is 0 Å². The molecular weight excluding hydrogens is 316 g/mol. The number of hydrogen-bond donors (Lipinski definition) is 0. The quantitative estimate of drug-likeness (QED) is 0.725. The normalized spacial score (nSPS) is 12.0. The molecule has 0 N–H and O–H groups in total. The first-order chi connectivity index (χ1) is 9.67. The lowest BCUT2D eigenvalue weighted by molar-refractivity contribution is 0.337. The second-order valence-corrected chi connectivity index (χ2v) is 5.48. The lowest BCUT2D eigenvalue weighted by Crippen LogP contribution is -2.00. The van der Waals surface area contributed by atoms with Crippen LogP contribution in [-0.2, 0) is 0 Å². The molecule has 0 aliphatic rings. The van der Waals surface area contributed by atoms with Crippen molar-refractivity contribution < 1.29 is 9.47 Å². The van der Waals surface area contributed by atoms with Gasteiger partial charge in [0.1, 0.15) is 11.5 Å². The number of hydrogen-bond acceptors (Lipinski definition) is 2. The first kappa shape index (κ1) is 14.9. The summed E-state index contributed by atoms with van der Waals surface area (Å²) < 4.78 is 11.0. The van der Waals surface area contributed by atoms with Gasteiger partial charge in [0.15, 0.2) is 0 Å². The van der Waals surface area contributed by atoms with Crippen molar-refractivity contribution in [3.8, 4) is 11.5 Å². The molecule has 0 aliphatic heterocycles. The van der Waals surface area contributed by atoms with E-state index in [1.807, 2.05) is 31.2 Å². The third kappa shape index (κ3) is 3.15. The Balaban J connectivity index is 2.36. The van der Waals surface area contributed by atoms with Crippen molar-refractivity contribution in [1.29, 1.82) is 0 Å².